The third-order valence-corrected chi connectivity index (χ3v) is 2.99. The van der Waals surface area contributed by atoms with Crippen LogP contribution in [0.4, 0.5) is 0 Å². The van der Waals surface area contributed by atoms with Gasteiger partial charge in [0.25, 0.3) is 0 Å². The number of nitrogens with two attached hydrogens (primary N) is 1. The number of nitriles is 1. The first kappa shape index (κ1) is 11.4. The predicted molar refractivity (Wildman–Crippen MR) is 49.0 cm³/mol. The topological polar surface area (TPSA) is 105 Å². The summed E-state index contributed by atoms with van der Waals surface area (Å²) in [5, 5.41) is 8.70. The Hall–Kier alpha value is -0.680. The van der Waals surface area contributed by atoms with Crippen molar-refractivity contribution in [2.24, 2.45) is 11.1 Å². The maximum absolute atomic E-state index is 10.8. The van der Waals surface area contributed by atoms with Crippen LogP contribution >= 0.6 is 0 Å². The Labute approximate surface area is 83.0 Å². The van der Waals surface area contributed by atoms with E-state index < -0.39 is 15.9 Å². The van der Waals surface area contributed by atoms with Crippen LogP contribution in [0.25, 0.3) is 0 Å². The lowest BCUT2D eigenvalue weighted by atomic mass is 10.1. The van der Waals surface area contributed by atoms with E-state index in [1.54, 1.807) is 0 Å². The zero-order chi connectivity index (χ0) is 10.7. The fourth-order valence-electron chi connectivity index (χ4n) is 0.980. The summed E-state index contributed by atoms with van der Waals surface area (Å²) in [6.45, 7) is 0.201. The average molecular weight is 219 g/mol. The van der Waals surface area contributed by atoms with Crippen molar-refractivity contribution in [1.82, 2.24) is 4.89 Å². The second kappa shape index (κ2) is 4.23. The summed E-state index contributed by atoms with van der Waals surface area (Å²) in [5.41, 5.74) is 4.66. The van der Waals surface area contributed by atoms with Gasteiger partial charge in [-0.2, -0.15) is 5.26 Å². The minimum atomic E-state index is -3.50. The molecule has 0 atom stereocenters. The molecule has 0 aromatic carbocycles. The first-order chi connectivity index (χ1) is 6.54. The van der Waals surface area contributed by atoms with Gasteiger partial charge < -0.3 is 5.73 Å². The van der Waals surface area contributed by atoms with Crippen LogP contribution in [-0.4, -0.2) is 20.9 Å². The van der Waals surface area contributed by atoms with Gasteiger partial charge in [0, 0.05) is 0 Å². The molecule has 1 fully saturated rings. The van der Waals surface area contributed by atoms with Crippen molar-refractivity contribution in [3.63, 3.8) is 0 Å². The van der Waals surface area contributed by atoms with Gasteiger partial charge >= 0.3 is 0 Å². The molecule has 0 aromatic heterocycles. The van der Waals surface area contributed by atoms with E-state index in [9.17, 15) is 8.42 Å². The molecule has 0 amide bonds. The molecule has 14 heavy (non-hydrogen) atoms. The molecule has 0 bridgehead atoms. The zero-order valence-electron chi connectivity index (χ0n) is 7.69. The monoisotopic (exact) mass is 219 g/mol. The van der Waals surface area contributed by atoms with Crippen molar-refractivity contribution in [2.75, 3.05) is 12.5 Å². The van der Waals surface area contributed by atoms with Crippen LogP contribution in [0.2, 0.25) is 0 Å². The van der Waals surface area contributed by atoms with E-state index in [4.69, 9.17) is 15.8 Å². The number of hydrogen-bond acceptors (Lipinski definition) is 5. The van der Waals surface area contributed by atoms with E-state index in [-0.39, 0.29) is 12.0 Å². The number of sulfonamides is 1. The molecule has 80 valence electrons. The van der Waals surface area contributed by atoms with Gasteiger partial charge in [0.2, 0.25) is 10.0 Å². The van der Waals surface area contributed by atoms with Crippen LogP contribution in [0.3, 0.4) is 0 Å². The van der Waals surface area contributed by atoms with Crippen molar-refractivity contribution in [3.8, 4) is 6.07 Å². The van der Waals surface area contributed by atoms with Crippen LogP contribution in [0.15, 0.2) is 0 Å². The van der Waals surface area contributed by atoms with Crippen molar-refractivity contribution < 1.29 is 13.3 Å². The maximum atomic E-state index is 10.8. The molecule has 1 aliphatic carbocycles. The second-order valence-corrected chi connectivity index (χ2v) is 5.08. The average Bonchev–Trinajstić information content (AvgIpc) is 2.94. The summed E-state index contributed by atoms with van der Waals surface area (Å²) in [6.07, 6.45) is 2.30. The van der Waals surface area contributed by atoms with Crippen molar-refractivity contribution >= 4 is 10.0 Å². The third kappa shape index (κ3) is 3.23. The van der Waals surface area contributed by atoms with E-state index in [0.717, 1.165) is 12.8 Å². The molecule has 1 aliphatic rings. The number of nitrogens with one attached hydrogen (secondary N) is 1. The zero-order valence-corrected chi connectivity index (χ0v) is 8.51. The SMILES string of the molecule is N#CC1(CCONS(=O)(=O)CN)CC1. The lowest BCUT2D eigenvalue weighted by Crippen LogP contribution is -2.30. The Morgan fingerprint density at radius 3 is 2.64 bits per heavy atom. The summed E-state index contributed by atoms with van der Waals surface area (Å²) in [6, 6.07) is 2.18. The molecule has 1 saturated carbocycles. The van der Waals surface area contributed by atoms with Gasteiger partial charge in [0.05, 0.1) is 18.1 Å². The molecule has 3 N–H and O–H groups in total. The third-order valence-electron chi connectivity index (χ3n) is 2.18. The lowest BCUT2D eigenvalue weighted by molar-refractivity contribution is 0.0837. The maximum Gasteiger partial charge on any atom is 0.246 e. The second-order valence-electron chi connectivity index (χ2n) is 3.36. The van der Waals surface area contributed by atoms with Crippen LogP contribution in [0.5, 0.6) is 0 Å². The lowest BCUT2D eigenvalue weighted by Gasteiger charge is -2.06. The van der Waals surface area contributed by atoms with Crippen LogP contribution in [0.1, 0.15) is 19.3 Å². The fraction of sp³-hybridized carbons (Fsp3) is 0.857. The minimum Gasteiger partial charge on any atom is -0.317 e. The molecule has 7 heteroatoms. The Kier molecular flexibility index (Phi) is 3.44. The van der Waals surface area contributed by atoms with E-state index in [1.165, 1.54) is 0 Å². The number of hydrogen-bond donors (Lipinski definition) is 2. The molecule has 0 spiro atoms. The number of nitrogens with zero attached hydrogens (tertiary/aromatic N) is 1. The summed E-state index contributed by atoms with van der Waals surface area (Å²) in [5.74, 6) is -0.504. The molecule has 0 aliphatic heterocycles. The quantitative estimate of drug-likeness (QED) is 0.460. The van der Waals surface area contributed by atoms with E-state index in [0.29, 0.717) is 6.42 Å². The summed E-state index contributed by atoms with van der Waals surface area (Å²) in [4.78, 5) is 6.57. The number of rotatable bonds is 6. The molecule has 6 nitrogen and oxygen atoms in total. The van der Waals surface area contributed by atoms with Gasteiger partial charge in [-0.1, -0.05) is 4.89 Å². The predicted octanol–water partition coefficient (Wildman–Crippen LogP) is -0.553. The largest absolute Gasteiger partial charge is 0.317 e. The van der Waals surface area contributed by atoms with Crippen molar-refractivity contribution in [3.05, 3.63) is 0 Å². The summed E-state index contributed by atoms with van der Waals surface area (Å²) in [7, 11) is -3.50. The van der Waals surface area contributed by atoms with Crippen LogP contribution in [0, 0.1) is 16.7 Å². The van der Waals surface area contributed by atoms with E-state index in [1.807, 2.05) is 4.89 Å². The molecular weight excluding hydrogens is 206 g/mol. The molecular formula is C7H13N3O3S. The van der Waals surface area contributed by atoms with Crippen molar-refractivity contribution in [1.29, 1.82) is 5.26 Å². The van der Waals surface area contributed by atoms with Crippen LogP contribution < -0.4 is 10.6 Å². The fourth-order valence-corrected chi connectivity index (χ4v) is 1.31. The van der Waals surface area contributed by atoms with Gasteiger partial charge in [-0.05, 0) is 19.3 Å². The molecule has 0 heterocycles. The Balaban J connectivity index is 2.15. The molecule has 0 saturated heterocycles. The Morgan fingerprint density at radius 2 is 2.21 bits per heavy atom. The first-order valence-corrected chi connectivity index (χ1v) is 5.91. The van der Waals surface area contributed by atoms with E-state index in [2.05, 4.69) is 6.07 Å². The first-order valence-electron chi connectivity index (χ1n) is 4.26. The molecule has 1 rings (SSSR count). The highest BCUT2D eigenvalue weighted by Crippen LogP contribution is 2.47. The normalized spacial score (nSPS) is 18.9. The molecule has 0 aromatic rings. The van der Waals surface area contributed by atoms with Gasteiger partial charge in [-0.25, -0.2) is 8.42 Å². The van der Waals surface area contributed by atoms with Gasteiger partial charge in [0.1, 0.15) is 5.88 Å². The molecule has 0 radical (unpaired) electrons. The summed E-state index contributed by atoms with van der Waals surface area (Å²) < 4.78 is 21.6. The summed E-state index contributed by atoms with van der Waals surface area (Å²) >= 11 is 0. The van der Waals surface area contributed by atoms with Gasteiger partial charge in [0.15, 0.2) is 0 Å². The Morgan fingerprint density at radius 1 is 1.57 bits per heavy atom. The van der Waals surface area contributed by atoms with Crippen molar-refractivity contribution in [2.45, 2.75) is 19.3 Å². The highest BCUT2D eigenvalue weighted by atomic mass is 32.2. The van der Waals surface area contributed by atoms with Gasteiger partial charge in [-0.15, -0.1) is 0 Å². The highest BCUT2D eigenvalue weighted by molar-refractivity contribution is 7.89. The van der Waals surface area contributed by atoms with Gasteiger partial charge in [-0.3, -0.25) is 4.84 Å². The molecule has 0 unspecified atom stereocenters. The standard InChI is InChI=1S/C7H13N3O3S/c8-5-7(1-2-7)3-4-13-10-14(11,12)6-9/h10H,1-4,6,9H2. The van der Waals surface area contributed by atoms with E-state index >= 15 is 0 Å². The smallest absolute Gasteiger partial charge is 0.246 e. The Bertz CT molecular complexity index is 329. The van der Waals surface area contributed by atoms with Crippen LogP contribution in [-0.2, 0) is 14.9 Å². The minimum absolute atomic E-state index is 0.201. The highest BCUT2D eigenvalue weighted by Gasteiger charge is 2.42.